The lowest BCUT2D eigenvalue weighted by Crippen LogP contribution is -2.41. The number of rotatable bonds is 7. The van der Waals surface area contributed by atoms with Crippen molar-refractivity contribution in [1.82, 2.24) is 10.2 Å². The molecule has 1 aromatic rings. The Morgan fingerprint density at radius 2 is 2.22 bits per heavy atom. The third-order valence-corrected chi connectivity index (χ3v) is 5.14. The fourth-order valence-corrected chi connectivity index (χ4v) is 3.73. The van der Waals surface area contributed by atoms with E-state index < -0.39 is 11.1 Å². The first kappa shape index (κ1) is 19.4. The number of ether oxygens (including phenoxy) is 2. The van der Waals surface area contributed by atoms with Crippen LogP contribution in [0.3, 0.4) is 0 Å². The number of amides is 3. The molecule has 0 unspecified atom stereocenters. The molecule has 1 atom stereocenters. The number of hydrogen-bond acceptors (Lipinski definition) is 6. The lowest BCUT2D eigenvalue weighted by Gasteiger charge is -2.14. The molecule has 0 spiro atoms. The highest BCUT2D eigenvalue weighted by Gasteiger charge is 2.36. The summed E-state index contributed by atoms with van der Waals surface area (Å²) in [6.07, 6.45) is 3.53. The molecule has 2 saturated heterocycles. The number of benzene rings is 1. The minimum absolute atomic E-state index is 0.0128. The van der Waals surface area contributed by atoms with E-state index >= 15 is 0 Å². The van der Waals surface area contributed by atoms with Crippen molar-refractivity contribution in [2.24, 2.45) is 0 Å². The topological polar surface area (TPSA) is 84.9 Å². The summed E-state index contributed by atoms with van der Waals surface area (Å²) >= 11 is 0.827. The van der Waals surface area contributed by atoms with Crippen LogP contribution in [0.1, 0.15) is 25.3 Å². The zero-order valence-corrected chi connectivity index (χ0v) is 15.9. The molecule has 1 N–H and O–H groups in total. The number of thioether (sulfide) groups is 1. The molecule has 2 aliphatic rings. The van der Waals surface area contributed by atoms with E-state index in [-0.39, 0.29) is 23.5 Å². The normalized spacial score (nSPS) is 21.1. The van der Waals surface area contributed by atoms with Crippen molar-refractivity contribution < 1.29 is 23.9 Å². The third kappa shape index (κ3) is 4.90. The van der Waals surface area contributed by atoms with Crippen LogP contribution in [0.15, 0.2) is 29.2 Å². The lowest BCUT2D eigenvalue weighted by molar-refractivity contribution is -0.129. The average Bonchev–Trinajstić information content (AvgIpc) is 3.26. The summed E-state index contributed by atoms with van der Waals surface area (Å²) < 4.78 is 11.0. The standard InChI is InChI=1S/C19H22N2O5S/c1-2-25-15-8-4-3-6-13(15)10-16-18(23)21(19(24)27-16)12-17(22)20-11-14-7-5-9-26-14/h3-4,6,8,10,14H,2,5,7,9,11-12H2,1H3,(H,20,22)/b16-10-/t14-/m1/s1. The van der Waals surface area contributed by atoms with E-state index in [1.54, 1.807) is 12.1 Å². The van der Waals surface area contributed by atoms with E-state index in [4.69, 9.17) is 9.47 Å². The van der Waals surface area contributed by atoms with E-state index in [1.807, 2.05) is 25.1 Å². The van der Waals surface area contributed by atoms with Crippen LogP contribution < -0.4 is 10.1 Å². The number of nitrogens with one attached hydrogen (secondary N) is 1. The van der Waals surface area contributed by atoms with Gasteiger partial charge in [0, 0.05) is 18.7 Å². The van der Waals surface area contributed by atoms with Gasteiger partial charge < -0.3 is 14.8 Å². The molecule has 3 amide bonds. The lowest BCUT2D eigenvalue weighted by atomic mass is 10.2. The van der Waals surface area contributed by atoms with Crippen molar-refractivity contribution >= 4 is 34.9 Å². The van der Waals surface area contributed by atoms with Crippen molar-refractivity contribution in [1.29, 1.82) is 0 Å². The van der Waals surface area contributed by atoms with Crippen LogP contribution in [0.5, 0.6) is 5.75 Å². The summed E-state index contributed by atoms with van der Waals surface area (Å²) in [4.78, 5) is 38.1. The van der Waals surface area contributed by atoms with Crippen LogP contribution >= 0.6 is 11.8 Å². The summed E-state index contributed by atoms with van der Waals surface area (Å²) in [5.41, 5.74) is 0.715. The van der Waals surface area contributed by atoms with Crippen LogP contribution in [0, 0.1) is 0 Å². The Morgan fingerprint density at radius 1 is 1.41 bits per heavy atom. The van der Waals surface area contributed by atoms with Crippen LogP contribution in [0.4, 0.5) is 4.79 Å². The van der Waals surface area contributed by atoms with Gasteiger partial charge in [-0.05, 0) is 43.7 Å². The smallest absolute Gasteiger partial charge is 0.294 e. The first-order valence-corrected chi connectivity index (χ1v) is 9.75. The van der Waals surface area contributed by atoms with E-state index in [0.29, 0.717) is 31.1 Å². The Morgan fingerprint density at radius 3 is 2.96 bits per heavy atom. The summed E-state index contributed by atoms with van der Waals surface area (Å²) in [6, 6.07) is 7.29. The fraction of sp³-hybridized carbons (Fsp3) is 0.421. The molecule has 0 bridgehead atoms. The highest BCUT2D eigenvalue weighted by molar-refractivity contribution is 8.18. The molecule has 7 nitrogen and oxygen atoms in total. The second-order valence-electron chi connectivity index (χ2n) is 6.18. The second kappa shape index (κ2) is 9.05. The Kier molecular flexibility index (Phi) is 6.52. The minimum Gasteiger partial charge on any atom is -0.493 e. The van der Waals surface area contributed by atoms with Crippen molar-refractivity contribution in [2.45, 2.75) is 25.9 Å². The maximum absolute atomic E-state index is 12.6. The molecule has 1 aromatic carbocycles. The molecule has 27 heavy (non-hydrogen) atoms. The summed E-state index contributed by atoms with van der Waals surface area (Å²) in [5.74, 6) is -0.201. The Labute approximate surface area is 162 Å². The van der Waals surface area contributed by atoms with Crippen molar-refractivity contribution in [3.05, 3.63) is 34.7 Å². The van der Waals surface area contributed by atoms with Gasteiger partial charge in [0.2, 0.25) is 5.91 Å². The highest BCUT2D eigenvalue weighted by Crippen LogP contribution is 2.33. The average molecular weight is 390 g/mol. The molecule has 2 fully saturated rings. The van der Waals surface area contributed by atoms with Gasteiger partial charge in [-0.25, -0.2) is 0 Å². The first-order valence-electron chi connectivity index (χ1n) is 8.94. The first-order chi connectivity index (χ1) is 13.1. The number of carbonyl (C=O) groups is 3. The fourth-order valence-electron chi connectivity index (χ4n) is 2.90. The van der Waals surface area contributed by atoms with Crippen molar-refractivity contribution in [3.63, 3.8) is 0 Å². The molecule has 3 rings (SSSR count). The molecule has 144 valence electrons. The maximum Gasteiger partial charge on any atom is 0.294 e. The third-order valence-electron chi connectivity index (χ3n) is 4.23. The van der Waals surface area contributed by atoms with Gasteiger partial charge in [-0.3, -0.25) is 19.3 Å². The van der Waals surface area contributed by atoms with Crippen LogP contribution in [0.2, 0.25) is 0 Å². The SMILES string of the molecule is CCOc1ccccc1/C=C1\SC(=O)N(CC(=O)NC[C@H]2CCCO2)C1=O. The van der Waals surface area contributed by atoms with E-state index in [0.717, 1.165) is 29.5 Å². The van der Waals surface area contributed by atoms with Gasteiger partial charge in [0.1, 0.15) is 12.3 Å². The van der Waals surface area contributed by atoms with Gasteiger partial charge >= 0.3 is 0 Å². The van der Waals surface area contributed by atoms with E-state index in [1.165, 1.54) is 0 Å². The zero-order chi connectivity index (χ0) is 19.2. The predicted octanol–water partition coefficient (Wildman–Crippen LogP) is 2.42. The van der Waals surface area contributed by atoms with Crippen molar-refractivity contribution in [2.75, 3.05) is 26.3 Å². The Bertz CT molecular complexity index is 758. The van der Waals surface area contributed by atoms with Gasteiger partial charge in [0.05, 0.1) is 17.6 Å². The van der Waals surface area contributed by atoms with E-state index in [2.05, 4.69) is 5.32 Å². The second-order valence-corrected chi connectivity index (χ2v) is 7.17. The number of carbonyl (C=O) groups excluding carboxylic acids is 3. The zero-order valence-electron chi connectivity index (χ0n) is 15.1. The van der Waals surface area contributed by atoms with Gasteiger partial charge in [0.25, 0.3) is 11.1 Å². The highest BCUT2D eigenvalue weighted by atomic mass is 32.2. The summed E-state index contributed by atoms with van der Waals surface area (Å²) in [7, 11) is 0. The molecule has 0 aliphatic carbocycles. The van der Waals surface area contributed by atoms with Gasteiger partial charge in [0.15, 0.2) is 0 Å². The van der Waals surface area contributed by atoms with Gasteiger partial charge in [-0.1, -0.05) is 18.2 Å². The van der Waals surface area contributed by atoms with E-state index in [9.17, 15) is 14.4 Å². The number of para-hydroxylation sites is 1. The molecule has 8 heteroatoms. The minimum atomic E-state index is -0.469. The molecule has 2 aliphatic heterocycles. The van der Waals surface area contributed by atoms with Crippen LogP contribution in [0.25, 0.3) is 6.08 Å². The number of nitrogens with zero attached hydrogens (tertiary/aromatic N) is 1. The Hall–Kier alpha value is -2.32. The maximum atomic E-state index is 12.6. The largest absolute Gasteiger partial charge is 0.493 e. The summed E-state index contributed by atoms with van der Waals surface area (Å²) in [6.45, 7) is 3.18. The van der Waals surface area contributed by atoms with Crippen LogP contribution in [-0.4, -0.2) is 54.4 Å². The van der Waals surface area contributed by atoms with Gasteiger partial charge in [-0.2, -0.15) is 0 Å². The molecular weight excluding hydrogens is 368 g/mol. The molecule has 0 radical (unpaired) electrons. The quantitative estimate of drug-likeness (QED) is 0.720. The summed E-state index contributed by atoms with van der Waals surface area (Å²) in [5, 5.41) is 2.27. The van der Waals surface area contributed by atoms with Crippen LogP contribution in [-0.2, 0) is 14.3 Å². The number of imide groups is 1. The molecular formula is C19H22N2O5S. The Balaban J connectivity index is 1.63. The molecule has 0 aromatic heterocycles. The molecule has 2 heterocycles. The number of hydrogen-bond donors (Lipinski definition) is 1. The predicted molar refractivity (Wildman–Crippen MR) is 102 cm³/mol. The monoisotopic (exact) mass is 390 g/mol. The van der Waals surface area contributed by atoms with Gasteiger partial charge in [-0.15, -0.1) is 0 Å². The molecule has 0 saturated carbocycles. The van der Waals surface area contributed by atoms with Crippen molar-refractivity contribution in [3.8, 4) is 5.75 Å².